The van der Waals surface area contributed by atoms with Gasteiger partial charge in [-0.15, -0.1) is 0 Å². The lowest BCUT2D eigenvalue weighted by Crippen LogP contribution is -2.12. The average Bonchev–Trinajstić information content (AvgIpc) is 2.82. The van der Waals surface area contributed by atoms with Crippen molar-refractivity contribution in [2.45, 2.75) is 0 Å². The minimum Gasteiger partial charge on any atom is -0.334 e. The second kappa shape index (κ2) is 5.05. The van der Waals surface area contributed by atoms with Crippen LogP contribution in [0.4, 0.5) is 5.82 Å². The summed E-state index contributed by atoms with van der Waals surface area (Å²) in [5, 5.41) is 2.75. The van der Waals surface area contributed by atoms with E-state index in [9.17, 15) is 4.79 Å². The van der Waals surface area contributed by atoms with Gasteiger partial charge in [0.05, 0.1) is 17.4 Å². The second-order valence-corrected chi connectivity index (χ2v) is 5.29. The first-order valence-corrected chi connectivity index (χ1v) is 6.77. The first-order chi connectivity index (χ1) is 9.63. The zero-order chi connectivity index (χ0) is 14.1. The number of carbonyl (C=O) groups is 1. The molecule has 0 saturated heterocycles. The molecule has 6 heteroatoms. The van der Waals surface area contributed by atoms with Crippen LogP contribution < -0.4 is 5.32 Å². The number of aromatic nitrogens is 3. The fourth-order valence-corrected chi connectivity index (χ4v) is 2.15. The number of rotatable bonds is 2. The van der Waals surface area contributed by atoms with Gasteiger partial charge in [0.15, 0.2) is 0 Å². The number of nitrogens with one attached hydrogen (secondary N) is 1. The molecule has 3 rings (SSSR count). The molecule has 0 aliphatic rings. The monoisotopic (exact) mass is 330 g/mol. The number of nitrogens with zero attached hydrogens (tertiary/aromatic N) is 3. The lowest BCUT2D eigenvalue weighted by molar-refractivity contribution is 0.102. The smallest absolute Gasteiger partial charge is 0.256 e. The van der Waals surface area contributed by atoms with Crippen molar-refractivity contribution in [3.8, 4) is 0 Å². The maximum atomic E-state index is 12.2. The largest absolute Gasteiger partial charge is 0.334 e. The molecule has 0 saturated carbocycles. The highest BCUT2D eigenvalue weighted by Gasteiger charge is 2.09. The lowest BCUT2D eigenvalue weighted by Gasteiger charge is -2.04. The van der Waals surface area contributed by atoms with E-state index in [1.54, 1.807) is 30.7 Å². The standard InChI is InChI=1S/C14H11BrN4O/c1-19-8-17-11-6-9(2-4-12(11)19)14(20)18-13-5-3-10(15)7-16-13/h2-8H,1H3,(H,16,18,20). The maximum Gasteiger partial charge on any atom is 0.256 e. The summed E-state index contributed by atoms with van der Waals surface area (Å²) in [6, 6.07) is 8.99. The second-order valence-electron chi connectivity index (χ2n) is 4.37. The molecule has 2 aromatic heterocycles. The van der Waals surface area contributed by atoms with Crippen LogP contribution in [0, 0.1) is 0 Å². The summed E-state index contributed by atoms with van der Waals surface area (Å²) in [5.41, 5.74) is 2.34. The number of imidazole rings is 1. The summed E-state index contributed by atoms with van der Waals surface area (Å²) in [7, 11) is 1.92. The molecule has 3 aromatic rings. The van der Waals surface area contributed by atoms with Crippen molar-refractivity contribution in [3.05, 3.63) is 52.9 Å². The highest BCUT2D eigenvalue weighted by molar-refractivity contribution is 9.10. The third kappa shape index (κ3) is 2.42. The highest BCUT2D eigenvalue weighted by atomic mass is 79.9. The van der Waals surface area contributed by atoms with Crippen LogP contribution in [0.25, 0.3) is 11.0 Å². The molecule has 0 atom stereocenters. The first-order valence-electron chi connectivity index (χ1n) is 5.97. The fourth-order valence-electron chi connectivity index (χ4n) is 1.92. The summed E-state index contributed by atoms with van der Waals surface area (Å²) in [6.07, 6.45) is 3.36. The molecule has 0 spiro atoms. The van der Waals surface area contributed by atoms with Crippen LogP contribution in [0.3, 0.4) is 0 Å². The van der Waals surface area contributed by atoms with Gasteiger partial charge in [0.25, 0.3) is 5.91 Å². The van der Waals surface area contributed by atoms with E-state index >= 15 is 0 Å². The number of halogens is 1. The van der Waals surface area contributed by atoms with Gasteiger partial charge in [-0.25, -0.2) is 9.97 Å². The minimum atomic E-state index is -0.202. The van der Waals surface area contributed by atoms with Crippen molar-refractivity contribution in [2.24, 2.45) is 7.05 Å². The number of hydrogen-bond acceptors (Lipinski definition) is 3. The van der Waals surface area contributed by atoms with Crippen molar-refractivity contribution < 1.29 is 4.79 Å². The number of anilines is 1. The SMILES string of the molecule is Cn1cnc2cc(C(=O)Nc3ccc(Br)cn3)ccc21. The Morgan fingerprint density at radius 3 is 2.85 bits per heavy atom. The van der Waals surface area contributed by atoms with E-state index in [0.29, 0.717) is 11.4 Å². The number of hydrogen-bond donors (Lipinski definition) is 1. The third-order valence-electron chi connectivity index (χ3n) is 2.96. The average molecular weight is 331 g/mol. The van der Waals surface area contributed by atoms with E-state index in [0.717, 1.165) is 15.5 Å². The topological polar surface area (TPSA) is 59.8 Å². The summed E-state index contributed by atoms with van der Waals surface area (Å²) in [6.45, 7) is 0. The van der Waals surface area contributed by atoms with E-state index in [-0.39, 0.29) is 5.91 Å². The molecular formula is C14H11BrN4O. The van der Waals surface area contributed by atoms with E-state index in [1.807, 2.05) is 23.7 Å². The molecule has 1 N–H and O–H groups in total. The fraction of sp³-hybridized carbons (Fsp3) is 0.0714. The Labute approximate surface area is 123 Å². The number of amides is 1. The van der Waals surface area contributed by atoms with Crippen LogP contribution in [0.5, 0.6) is 0 Å². The zero-order valence-corrected chi connectivity index (χ0v) is 12.3. The molecule has 1 aromatic carbocycles. The Hall–Kier alpha value is -2.21. The molecule has 0 unspecified atom stereocenters. The van der Waals surface area contributed by atoms with Crippen LogP contribution in [-0.2, 0) is 7.05 Å². The highest BCUT2D eigenvalue weighted by Crippen LogP contribution is 2.16. The van der Waals surface area contributed by atoms with Crippen molar-refractivity contribution in [2.75, 3.05) is 5.32 Å². The molecule has 20 heavy (non-hydrogen) atoms. The molecule has 1 amide bonds. The minimum absolute atomic E-state index is 0.202. The summed E-state index contributed by atoms with van der Waals surface area (Å²) < 4.78 is 2.78. The first kappa shape index (κ1) is 12.8. The van der Waals surface area contributed by atoms with Gasteiger partial charge in [0, 0.05) is 23.3 Å². The van der Waals surface area contributed by atoms with Crippen LogP contribution in [0.1, 0.15) is 10.4 Å². The van der Waals surface area contributed by atoms with Crippen LogP contribution >= 0.6 is 15.9 Å². The molecule has 5 nitrogen and oxygen atoms in total. The Morgan fingerprint density at radius 1 is 1.25 bits per heavy atom. The van der Waals surface area contributed by atoms with Crippen molar-refractivity contribution in [1.29, 1.82) is 0 Å². The molecule has 100 valence electrons. The zero-order valence-electron chi connectivity index (χ0n) is 10.7. The van der Waals surface area contributed by atoms with E-state index in [1.165, 1.54) is 0 Å². The van der Waals surface area contributed by atoms with Gasteiger partial charge in [-0.05, 0) is 46.3 Å². The predicted octanol–water partition coefficient (Wildman–Crippen LogP) is 2.98. The molecule has 0 aliphatic carbocycles. The van der Waals surface area contributed by atoms with Crippen molar-refractivity contribution in [3.63, 3.8) is 0 Å². The van der Waals surface area contributed by atoms with Gasteiger partial charge in [-0.1, -0.05) is 0 Å². The number of aryl methyl sites for hydroxylation is 1. The number of pyridine rings is 1. The number of carbonyl (C=O) groups excluding carboxylic acids is 1. The third-order valence-corrected chi connectivity index (χ3v) is 3.43. The Morgan fingerprint density at radius 2 is 2.10 bits per heavy atom. The van der Waals surface area contributed by atoms with Crippen molar-refractivity contribution in [1.82, 2.24) is 14.5 Å². The molecular weight excluding hydrogens is 320 g/mol. The van der Waals surface area contributed by atoms with Crippen LogP contribution in [-0.4, -0.2) is 20.4 Å². The van der Waals surface area contributed by atoms with E-state index in [2.05, 4.69) is 31.2 Å². The van der Waals surface area contributed by atoms with E-state index < -0.39 is 0 Å². The molecule has 0 fully saturated rings. The summed E-state index contributed by atoms with van der Waals surface area (Å²) >= 11 is 3.30. The van der Waals surface area contributed by atoms with Crippen LogP contribution in [0.15, 0.2) is 47.3 Å². The van der Waals surface area contributed by atoms with Gasteiger partial charge in [0.1, 0.15) is 5.82 Å². The maximum absolute atomic E-state index is 12.2. The molecule has 0 radical (unpaired) electrons. The molecule has 2 heterocycles. The normalized spacial score (nSPS) is 10.7. The van der Waals surface area contributed by atoms with Gasteiger partial charge >= 0.3 is 0 Å². The van der Waals surface area contributed by atoms with Crippen LogP contribution in [0.2, 0.25) is 0 Å². The number of benzene rings is 1. The van der Waals surface area contributed by atoms with Gasteiger partial charge in [-0.3, -0.25) is 4.79 Å². The Kier molecular flexibility index (Phi) is 3.23. The summed E-state index contributed by atoms with van der Waals surface area (Å²) in [5.74, 6) is 0.312. The molecule has 0 bridgehead atoms. The quantitative estimate of drug-likeness (QED) is 0.785. The van der Waals surface area contributed by atoms with Gasteiger partial charge in [0.2, 0.25) is 0 Å². The van der Waals surface area contributed by atoms with Gasteiger partial charge in [-0.2, -0.15) is 0 Å². The molecule has 0 aliphatic heterocycles. The predicted molar refractivity (Wildman–Crippen MR) is 80.6 cm³/mol. The van der Waals surface area contributed by atoms with E-state index in [4.69, 9.17) is 0 Å². The lowest BCUT2D eigenvalue weighted by atomic mass is 10.2. The van der Waals surface area contributed by atoms with Crippen molar-refractivity contribution >= 4 is 38.7 Å². The van der Waals surface area contributed by atoms with Gasteiger partial charge < -0.3 is 9.88 Å². The Bertz CT molecular complexity index is 779. The number of fused-ring (bicyclic) bond motifs is 1. The Balaban J connectivity index is 1.86. The summed E-state index contributed by atoms with van der Waals surface area (Å²) in [4.78, 5) is 20.5.